The van der Waals surface area contributed by atoms with Crippen LogP contribution in [0.15, 0.2) is 6.33 Å². The Morgan fingerprint density at radius 3 is 3.00 bits per heavy atom. The van der Waals surface area contributed by atoms with E-state index in [1.54, 1.807) is 11.6 Å². The Morgan fingerprint density at radius 2 is 2.35 bits per heavy atom. The van der Waals surface area contributed by atoms with Crippen molar-refractivity contribution in [3.63, 3.8) is 0 Å². The summed E-state index contributed by atoms with van der Waals surface area (Å²) in [5.41, 5.74) is 0.981. The maximum atomic E-state index is 9.85. The predicted molar refractivity (Wildman–Crippen MR) is 71.5 cm³/mol. The van der Waals surface area contributed by atoms with Crippen molar-refractivity contribution in [1.82, 2.24) is 19.5 Å². The molecule has 0 unspecified atom stereocenters. The van der Waals surface area contributed by atoms with Crippen LogP contribution in [0.3, 0.4) is 0 Å². The highest BCUT2D eigenvalue weighted by molar-refractivity contribution is 6.33. The van der Waals surface area contributed by atoms with Gasteiger partial charge in [0.25, 0.3) is 0 Å². The molecule has 8 nitrogen and oxygen atoms in total. The number of anilines is 1. The number of nitrogens with zero attached hydrogens (tertiary/aromatic N) is 4. The largest absolute Gasteiger partial charge is 0.394 e. The van der Waals surface area contributed by atoms with Crippen LogP contribution in [-0.2, 0) is 4.74 Å². The van der Waals surface area contributed by atoms with Gasteiger partial charge in [-0.05, 0) is 0 Å². The van der Waals surface area contributed by atoms with Crippen LogP contribution in [0.2, 0.25) is 5.15 Å². The zero-order chi connectivity index (χ0) is 14.3. The molecule has 20 heavy (non-hydrogen) atoms. The molecule has 3 heterocycles. The lowest BCUT2D eigenvalue weighted by molar-refractivity contribution is -0.0425. The minimum absolute atomic E-state index is 0.241. The van der Waals surface area contributed by atoms with Gasteiger partial charge in [-0.2, -0.15) is 0 Å². The van der Waals surface area contributed by atoms with Crippen molar-refractivity contribution in [3.8, 4) is 0 Å². The van der Waals surface area contributed by atoms with E-state index in [0.717, 1.165) is 0 Å². The first-order valence-corrected chi connectivity index (χ1v) is 6.54. The average Bonchev–Trinajstić information content (AvgIpc) is 2.99. The van der Waals surface area contributed by atoms with Gasteiger partial charge >= 0.3 is 0 Å². The molecule has 1 aliphatic heterocycles. The third-order valence-corrected chi connectivity index (χ3v) is 3.60. The van der Waals surface area contributed by atoms with E-state index in [1.807, 2.05) is 0 Å². The molecular formula is C11H14ClN5O3. The SMILES string of the molecule is CNc1nc2c(Cl)ncnc2n1[C@@H]1C[C@@H](O)[C@H](CO)O1. The number of hydrogen-bond acceptors (Lipinski definition) is 7. The standard InChI is InChI=1S/C11H14ClN5O3/c1-13-11-16-8-9(12)14-4-15-10(8)17(11)7-2-5(19)6(3-18)20-7/h4-7,18-19H,2-3H2,1H3,(H,13,16)/t5-,6+,7+/m1/s1. The van der Waals surface area contributed by atoms with Gasteiger partial charge in [0.2, 0.25) is 5.95 Å². The van der Waals surface area contributed by atoms with Crippen molar-refractivity contribution in [1.29, 1.82) is 0 Å². The van der Waals surface area contributed by atoms with Crippen LogP contribution in [0.25, 0.3) is 11.2 Å². The van der Waals surface area contributed by atoms with Crippen molar-refractivity contribution >= 4 is 28.7 Å². The first kappa shape index (κ1) is 13.5. The number of aromatic nitrogens is 4. The zero-order valence-electron chi connectivity index (χ0n) is 10.7. The molecule has 2 aromatic heterocycles. The number of ether oxygens (including phenoxy) is 1. The molecule has 3 rings (SSSR count). The van der Waals surface area contributed by atoms with E-state index in [-0.39, 0.29) is 11.8 Å². The Balaban J connectivity index is 2.09. The van der Waals surface area contributed by atoms with Crippen LogP contribution in [0, 0.1) is 0 Å². The second-order valence-electron chi connectivity index (χ2n) is 4.51. The van der Waals surface area contributed by atoms with E-state index in [0.29, 0.717) is 23.5 Å². The van der Waals surface area contributed by atoms with E-state index in [4.69, 9.17) is 21.4 Å². The second kappa shape index (κ2) is 5.13. The van der Waals surface area contributed by atoms with Crippen molar-refractivity contribution in [3.05, 3.63) is 11.5 Å². The molecule has 2 aromatic rings. The molecule has 0 amide bonds. The van der Waals surface area contributed by atoms with E-state index in [2.05, 4.69) is 20.3 Å². The Kier molecular flexibility index (Phi) is 3.47. The van der Waals surface area contributed by atoms with Gasteiger partial charge in [0.15, 0.2) is 10.8 Å². The summed E-state index contributed by atoms with van der Waals surface area (Å²) in [7, 11) is 1.72. The van der Waals surface area contributed by atoms with Crippen LogP contribution < -0.4 is 5.32 Å². The van der Waals surface area contributed by atoms with Crippen LogP contribution in [0.4, 0.5) is 5.95 Å². The van der Waals surface area contributed by atoms with E-state index < -0.39 is 18.4 Å². The Bertz CT molecular complexity index is 634. The first-order chi connectivity index (χ1) is 9.65. The summed E-state index contributed by atoms with van der Waals surface area (Å²) in [6.07, 6.45) is -0.131. The summed E-state index contributed by atoms with van der Waals surface area (Å²) in [6.45, 7) is -0.241. The summed E-state index contributed by atoms with van der Waals surface area (Å²) in [5, 5.41) is 22.2. The molecule has 0 aliphatic carbocycles. The lowest BCUT2D eigenvalue weighted by Gasteiger charge is -2.16. The number of halogens is 1. The lowest BCUT2D eigenvalue weighted by atomic mass is 10.2. The number of nitrogens with one attached hydrogen (secondary N) is 1. The van der Waals surface area contributed by atoms with Crippen LogP contribution >= 0.6 is 11.6 Å². The third kappa shape index (κ3) is 2.01. The van der Waals surface area contributed by atoms with E-state index in [1.165, 1.54) is 6.33 Å². The number of rotatable bonds is 3. The number of aliphatic hydroxyl groups is 2. The van der Waals surface area contributed by atoms with Crippen molar-refractivity contribution in [2.75, 3.05) is 19.0 Å². The molecule has 3 atom stereocenters. The molecule has 0 aromatic carbocycles. The highest BCUT2D eigenvalue weighted by atomic mass is 35.5. The van der Waals surface area contributed by atoms with Gasteiger partial charge in [0.1, 0.15) is 24.2 Å². The Morgan fingerprint density at radius 1 is 1.55 bits per heavy atom. The van der Waals surface area contributed by atoms with Gasteiger partial charge in [-0.3, -0.25) is 4.57 Å². The molecule has 0 spiro atoms. The smallest absolute Gasteiger partial charge is 0.207 e. The fraction of sp³-hybridized carbons (Fsp3) is 0.545. The van der Waals surface area contributed by atoms with Crippen LogP contribution in [0.5, 0.6) is 0 Å². The topological polar surface area (TPSA) is 105 Å². The number of imidazole rings is 1. The van der Waals surface area contributed by atoms with Crippen LogP contribution in [0.1, 0.15) is 12.6 Å². The highest BCUT2D eigenvalue weighted by Gasteiger charge is 2.36. The average molecular weight is 300 g/mol. The molecule has 0 radical (unpaired) electrons. The Labute approximate surface area is 119 Å². The van der Waals surface area contributed by atoms with Crippen molar-refractivity contribution < 1.29 is 14.9 Å². The predicted octanol–water partition coefficient (Wildman–Crippen LogP) is 0.162. The summed E-state index contributed by atoms with van der Waals surface area (Å²) >= 11 is 6.01. The fourth-order valence-electron chi connectivity index (χ4n) is 2.37. The number of aliphatic hydroxyl groups excluding tert-OH is 2. The van der Waals surface area contributed by atoms with Crippen LogP contribution in [-0.4, -0.2) is 55.6 Å². The van der Waals surface area contributed by atoms with Gasteiger partial charge in [0, 0.05) is 13.5 Å². The minimum Gasteiger partial charge on any atom is -0.394 e. The monoisotopic (exact) mass is 299 g/mol. The van der Waals surface area contributed by atoms with E-state index in [9.17, 15) is 5.11 Å². The van der Waals surface area contributed by atoms with Crippen molar-refractivity contribution in [2.24, 2.45) is 0 Å². The second-order valence-corrected chi connectivity index (χ2v) is 4.86. The highest BCUT2D eigenvalue weighted by Crippen LogP contribution is 2.34. The van der Waals surface area contributed by atoms with Gasteiger partial charge in [-0.25, -0.2) is 15.0 Å². The molecule has 1 saturated heterocycles. The number of hydrogen-bond donors (Lipinski definition) is 3. The van der Waals surface area contributed by atoms with Gasteiger partial charge < -0.3 is 20.3 Å². The normalized spacial score (nSPS) is 26.3. The summed E-state index contributed by atoms with van der Waals surface area (Å²) in [4.78, 5) is 12.4. The fourth-order valence-corrected chi connectivity index (χ4v) is 2.54. The third-order valence-electron chi connectivity index (χ3n) is 3.33. The lowest BCUT2D eigenvalue weighted by Crippen LogP contribution is -2.24. The van der Waals surface area contributed by atoms with Crippen molar-refractivity contribution in [2.45, 2.75) is 24.9 Å². The molecule has 1 fully saturated rings. The summed E-state index contributed by atoms with van der Waals surface area (Å²) in [6, 6.07) is 0. The molecular weight excluding hydrogens is 286 g/mol. The summed E-state index contributed by atoms with van der Waals surface area (Å²) in [5.74, 6) is 0.512. The quantitative estimate of drug-likeness (QED) is 0.693. The summed E-state index contributed by atoms with van der Waals surface area (Å²) < 4.78 is 7.35. The molecule has 1 aliphatic rings. The zero-order valence-corrected chi connectivity index (χ0v) is 11.4. The van der Waals surface area contributed by atoms with E-state index >= 15 is 0 Å². The molecule has 0 bridgehead atoms. The number of fused-ring (bicyclic) bond motifs is 1. The molecule has 9 heteroatoms. The van der Waals surface area contributed by atoms with Gasteiger partial charge in [-0.1, -0.05) is 11.6 Å². The molecule has 0 saturated carbocycles. The van der Waals surface area contributed by atoms with Gasteiger partial charge in [-0.15, -0.1) is 0 Å². The minimum atomic E-state index is -0.732. The maximum Gasteiger partial charge on any atom is 0.207 e. The Hall–Kier alpha value is -1.48. The first-order valence-electron chi connectivity index (χ1n) is 6.16. The molecule has 3 N–H and O–H groups in total. The van der Waals surface area contributed by atoms with Gasteiger partial charge in [0.05, 0.1) is 12.7 Å². The molecule has 108 valence electrons. The maximum absolute atomic E-state index is 9.85.